The SMILES string of the molecule is O=C1CC(C(=O)O)N(c2ncc(Cl)cc2Cl)N1. The quantitative estimate of drug-likeness (QED) is 0.844. The van der Waals surface area contributed by atoms with Gasteiger partial charge in [0.05, 0.1) is 16.5 Å². The molecule has 1 fully saturated rings. The Kier molecular flexibility index (Phi) is 3.08. The van der Waals surface area contributed by atoms with Crippen LogP contribution in [-0.4, -0.2) is 28.0 Å². The van der Waals surface area contributed by atoms with Crippen molar-refractivity contribution in [3.63, 3.8) is 0 Å². The number of halogens is 2. The molecular weight excluding hydrogens is 269 g/mol. The van der Waals surface area contributed by atoms with Crippen LogP contribution < -0.4 is 10.4 Å². The molecule has 0 aliphatic carbocycles. The van der Waals surface area contributed by atoms with Gasteiger partial charge in [-0.1, -0.05) is 23.2 Å². The molecule has 0 saturated carbocycles. The number of anilines is 1. The fourth-order valence-electron chi connectivity index (χ4n) is 1.51. The number of nitrogens with one attached hydrogen (secondary N) is 1. The van der Waals surface area contributed by atoms with Crippen LogP contribution in [0.2, 0.25) is 10.0 Å². The number of amides is 1. The van der Waals surface area contributed by atoms with E-state index in [0.29, 0.717) is 5.02 Å². The minimum atomic E-state index is -1.13. The van der Waals surface area contributed by atoms with Crippen LogP contribution in [0.4, 0.5) is 5.82 Å². The van der Waals surface area contributed by atoms with Gasteiger partial charge in [0.15, 0.2) is 11.9 Å². The highest BCUT2D eigenvalue weighted by atomic mass is 35.5. The standard InChI is InChI=1S/C9H7Cl2N3O3/c10-4-1-5(11)8(12-3-4)14-6(9(16)17)2-7(15)13-14/h1,3,6H,2H2,(H,13,15)(H,16,17). The van der Waals surface area contributed by atoms with Gasteiger partial charge in [-0.2, -0.15) is 0 Å². The number of aromatic nitrogens is 1. The van der Waals surface area contributed by atoms with Gasteiger partial charge in [-0.05, 0) is 6.07 Å². The van der Waals surface area contributed by atoms with Crippen molar-refractivity contribution < 1.29 is 14.7 Å². The van der Waals surface area contributed by atoms with E-state index in [1.54, 1.807) is 0 Å². The van der Waals surface area contributed by atoms with Crippen molar-refractivity contribution >= 4 is 40.9 Å². The summed E-state index contributed by atoms with van der Waals surface area (Å²) in [6.45, 7) is 0. The van der Waals surface area contributed by atoms with E-state index in [9.17, 15) is 9.59 Å². The van der Waals surface area contributed by atoms with E-state index in [1.165, 1.54) is 12.3 Å². The van der Waals surface area contributed by atoms with Crippen molar-refractivity contribution in [1.82, 2.24) is 10.4 Å². The molecule has 1 aliphatic heterocycles. The van der Waals surface area contributed by atoms with Gasteiger partial charge in [0.2, 0.25) is 5.91 Å². The number of pyridine rings is 1. The number of rotatable bonds is 2. The van der Waals surface area contributed by atoms with Gasteiger partial charge < -0.3 is 5.11 Å². The first-order valence-corrected chi connectivity index (χ1v) is 5.37. The Morgan fingerprint density at radius 1 is 1.59 bits per heavy atom. The molecule has 0 spiro atoms. The highest BCUT2D eigenvalue weighted by molar-refractivity contribution is 6.36. The maximum atomic E-state index is 11.2. The third-order valence-corrected chi connectivity index (χ3v) is 2.72. The van der Waals surface area contributed by atoms with E-state index in [1.807, 2.05) is 0 Å². The molecule has 1 aromatic heterocycles. The molecule has 90 valence electrons. The highest BCUT2D eigenvalue weighted by Gasteiger charge is 2.37. The Balaban J connectivity index is 2.38. The van der Waals surface area contributed by atoms with Gasteiger partial charge >= 0.3 is 5.97 Å². The van der Waals surface area contributed by atoms with E-state index >= 15 is 0 Å². The summed E-state index contributed by atoms with van der Waals surface area (Å²) in [5.41, 5.74) is 2.39. The number of hydrogen-bond acceptors (Lipinski definition) is 4. The number of nitrogens with zero attached hydrogens (tertiary/aromatic N) is 2. The van der Waals surface area contributed by atoms with Crippen LogP contribution in [0.15, 0.2) is 12.3 Å². The minimum Gasteiger partial charge on any atom is -0.480 e. The second kappa shape index (κ2) is 4.38. The molecule has 1 aliphatic rings. The second-order valence-electron chi connectivity index (χ2n) is 3.42. The summed E-state index contributed by atoms with van der Waals surface area (Å²) < 4.78 is 0. The van der Waals surface area contributed by atoms with E-state index in [-0.39, 0.29) is 17.3 Å². The van der Waals surface area contributed by atoms with Crippen molar-refractivity contribution in [2.24, 2.45) is 0 Å². The van der Waals surface area contributed by atoms with Crippen molar-refractivity contribution in [2.45, 2.75) is 12.5 Å². The molecule has 1 aromatic rings. The predicted octanol–water partition coefficient (Wildman–Crippen LogP) is 1.08. The van der Waals surface area contributed by atoms with E-state index in [4.69, 9.17) is 28.3 Å². The highest BCUT2D eigenvalue weighted by Crippen LogP contribution is 2.28. The average molecular weight is 276 g/mol. The zero-order valence-electron chi connectivity index (χ0n) is 8.35. The van der Waals surface area contributed by atoms with Gasteiger partial charge in [-0.15, -0.1) is 0 Å². The van der Waals surface area contributed by atoms with Gasteiger partial charge in [-0.3, -0.25) is 15.2 Å². The van der Waals surface area contributed by atoms with Crippen molar-refractivity contribution in [2.75, 3.05) is 5.01 Å². The van der Waals surface area contributed by atoms with Crippen LogP contribution in [0.3, 0.4) is 0 Å². The number of hydrazine groups is 1. The lowest BCUT2D eigenvalue weighted by atomic mass is 10.2. The molecule has 6 nitrogen and oxygen atoms in total. The summed E-state index contributed by atoms with van der Waals surface area (Å²) >= 11 is 11.6. The smallest absolute Gasteiger partial charge is 0.329 e. The summed E-state index contributed by atoms with van der Waals surface area (Å²) in [5.74, 6) is -1.37. The zero-order valence-corrected chi connectivity index (χ0v) is 9.87. The summed E-state index contributed by atoms with van der Waals surface area (Å²) in [6, 6.07) is 0.406. The molecule has 17 heavy (non-hydrogen) atoms. The average Bonchev–Trinajstić information content (AvgIpc) is 2.60. The van der Waals surface area contributed by atoms with Gasteiger partial charge in [-0.25, -0.2) is 9.78 Å². The number of carbonyl (C=O) groups is 2. The number of hydrogen-bond donors (Lipinski definition) is 2. The number of aliphatic carboxylic acids is 1. The normalized spacial score (nSPS) is 19.3. The van der Waals surface area contributed by atoms with E-state index < -0.39 is 17.9 Å². The molecule has 2 heterocycles. The van der Waals surface area contributed by atoms with Gasteiger partial charge in [0, 0.05) is 6.20 Å². The lowest BCUT2D eigenvalue weighted by molar-refractivity contribution is -0.139. The first-order chi connectivity index (χ1) is 7.99. The van der Waals surface area contributed by atoms with Crippen LogP contribution in [0.1, 0.15) is 6.42 Å². The largest absolute Gasteiger partial charge is 0.480 e. The zero-order chi connectivity index (χ0) is 12.6. The molecule has 2 N–H and O–H groups in total. The number of carboxylic acid groups (broad SMARTS) is 1. The van der Waals surface area contributed by atoms with Crippen LogP contribution in [-0.2, 0) is 9.59 Å². The number of carboxylic acids is 1. The summed E-state index contributed by atoms with van der Waals surface area (Å²) in [5, 5.41) is 10.6. The molecule has 1 saturated heterocycles. The Labute approximate surface area is 106 Å². The topological polar surface area (TPSA) is 82.5 Å². The summed E-state index contributed by atoms with van der Waals surface area (Å²) in [6.07, 6.45) is 1.18. The fraction of sp³-hybridized carbons (Fsp3) is 0.222. The Morgan fingerprint density at radius 2 is 2.29 bits per heavy atom. The Morgan fingerprint density at radius 3 is 2.88 bits per heavy atom. The minimum absolute atomic E-state index is 0.143. The molecule has 0 aromatic carbocycles. The van der Waals surface area contributed by atoms with E-state index in [0.717, 1.165) is 5.01 Å². The molecule has 0 bridgehead atoms. The molecule has 1 amide bonds. The van der Waals surface area contributed by atoms with E-state index in [2.05, 4.69) is 10.4 Å². The first kappa shape index (κ1) is 11.9. The third kappa shape index (κ3) is 2.27. The second-order valence-corrected chi connectivity index (χ2v) is 4.27. The van der Waals surface area contributed by atoms with Crippen molar-refractivity contribution in [1.29, 1.82) is 0 Å². The lowest BCUT2D eigenvalue weighted by Gasteiger charge is -2.22. The van der Waals surface area contributed by atoms with Crippen LogP contribution >= 0.6 is 23.2 Å². The van der Waals surface area contributed by atoms with Crippen molar-refractivity contribution in [3.8, 4) is 0 Å². The van der Waals surface area contributed by atoms with Crippen LogP contribution in [0, 0.1) is 0 Å². The van der Waals surface area contributed by atoms with Crippen LogP contribution in [0.5, 0.6) is 0 Å². The maximum absolute atomic E-state index is 11.2. The lowest BCUT2D eigenvalue weighted by Crippen LogP contribution is -2.43. The third-order valence-electron chi connectivity index (χ3n) is 2.24. The molecule has 2 rings (SSSR count). The monoisotopic (exact) mass is 275 g/mol. The molecule has 0 radical (unpaired) electrons. The first-order valence-electron chi connectivity index (χ1n) is 4.61. The molecule has 8 heteroatoms. The molecule has 1 unspecified atom stereocenters. The predicted molar refractivity (Wildman–Crippen MR) is 60.9 cm³/mol. The summed E-state index contributed by atoms with van der Waals surface area (Å²) in [7, 11) is 0. The molecule has 1 atom stereocenters. The van der Waals surface area contributed by atoms with Gasteiger partial charge in [0.25, 0.3) is 0 Å². The summed E-state index contributed by atoms with van der Waals surface area (Å²) in [4.78, 5) is 26.1. The number of carbonyl (C=O) groups excluding carboxylic acids is 1. The Bertz CT molecular complexity index is 494. The Hall–Kier alpha value is -1.53. The fourth-order valence-corrected chi connectivity index (χ4v) is 1.98. The van der Waals surface area contributed by atoms with Crippen molar-refractivity contribution in [3.05, 3.63) is 22.3 Å². The molecular formula is C9H7Cl2N3O3. The maximum Gasteiger partial charge on any atom is 0.329 e. The van der Waals surface area contributed by atoms with Crippen LogP contribution in [0.25, 0.3) is 0 Å². The van der Waals surface area contributed by atoms with Gasteiger partial charge in [0.1, 0.15) is 0 Å².